The van der Waals surface area contributed by atoms with E-state index in [2.05, 4.69) is 0 Å². The Labute approximate surface area is 55.4 Å². The monoisotopic (exact) mass is 84.0 g/mol. The van der Waals surface area contributed by atoms with Crippen LogP contribution in [-0.4, -0.2) is 44.0 Å². The van der Waals surface area contributed by atoms with E-state index in [1.54, 1.807) is 0 Å². The zero-order valence-corrected chi connectivity index (χ0v) is 4.90. The van der Waals surface area contributed by atoms with Crippen molar-refractivity contribution in [1.82, 2.24) is 0 Å². The summed E-state index contributed by atoms with van der Waals surface area (Å²) in [5.41, 5.74) is 0. The molecule has 0 aliphatic carbocycles. The number of aldehydes is 1. The Morgan fingerprint density at radius 2 is 1.75 bits per heavy atom. The summed E-state index contributed by atoms with van der Waals surface area (Å²) in [5, 5.41) is 0. The molecule has 0 aromatic carbocycles. The molecule has 1 nitrogen and oxygen atoms in total. The zero-order chi connectivity index (χ0) is 2.71. The smallest absolute Gasteiger partial charge is 0.116 e. The van der Waals surface area contributed by atoms with Crippen molar-refractivity contribution in [1.29, 1.82) is 0 Å². The quantitative estimate of drug-likeness (QED) is 0.294. The van der Waals surface area contributed by atoms with Crippen molar-refractivity contribution in [2.45, 2.75) is 6.92 Å². The van der Waals surface area contributed by atoms with E-state index in [0.717, 1.165) is 6.29 Å². The van der Waals surface area contributed by atoms with E-state index in [1.807, 2.05) is 0 Å². The summed E-state index contributed by atoms with van der Waals surface area (Å²) < 4.78 is 0. The third-order valence-electron chi connectivity index (χ3n) is 0. The third-order valence-corrected chi connectivity index (χ3v) is 0. The average molecular weight is 84.1 g/mol. The second-order valence-corrected chi connectivity index (χ2v) is 0.236. The van der Waals surface area contributed by atoms with Gasteiger partial charge in [0.1, 0.15) is 6.29 Å². The van der Waals surface area contributed by atoms with Crippen LogP contribution in [-0.2, 0) is 4.79 Å². The van der Waals surface area contributed by atoms with E-state index in [4.69, 9.17) is 4.79 Å². The topological polar surface area (TPSA) is 17.1 Å². The molecule has 2 heteroatoms. The molecule has 20 valence electrons. The van der Waals surface area contributed by atoms with Crippen LogP contribution in [0.25, 0.3) is 0 Å². The Hall–Kier alpha value is 0.930. The van der Waals surface area contributed by atoms with Gasteiger partial charge in [-0.3, -0.25) is 0 Å². The predicted molar refractivity (Wildman–Crippen MR) is 17.5 cm³/mol. The molecule has 0 N–H and O–H groups in total. The van der Waals surface area contributed by atoms with Crippen LogP contribution in [0.1, 0.15) is 6.92 Å². The van der Waals surface area contributed by atoms with Gasteiger partial charge in [0.15, 0.2) is 0 Å². The molecule has 0 bridgehead atoms. The SMILES string of the molecule is CC=O.[Ca]. The zero-order valence-electron chi connectivity index (χ0n) is 2.69. The van der Waals surface area contributed by atoms with Gasteiger partial charge < -0.3 is 4.79 Å². The number of hydrogen-bond donors (Lipinski definition) is 0. The summed E-state index contributed by atoms with van der Waals surface area (Å²) in [4.78, 5) is 8.81. The van der Waals surface area contributed by atoms with Crippen LogP contribution < -0.4 is 0 Å². The second-order valence-electron chi connectivity index (χ2n) is 0.236. The molecule has 0 spiro atoms. The van der Waals surface area contributed by atoms with Crippen LogP contribution in [0.4, 0.5) is 0 Å². The molecule has 0 aliphatic heterocycles. The Kier molecular flexibility index (Phi) is 20.1. The first kappa shape index (κ1) is 8.87. The van der Waals surface area contributed by atoms with Crippen molar-refractivity contribution in [3.05, 3.63) is 0 Å². The molecule has 0 aromatic rings. The molecule has 0 heterocycles. The summed E-state index contributed by atoms with van der Waals surface area (Å²) in [7, 11) is 0. The van der Waals surface area contributed by atoms with Gasteiger partial charge >= 0.3 is 0 Å². The first-order valence-electron chi connectivity index (χ1n) is 0.813. The van der Waals surface area contributed by atoms with E-state index in [9.17, 15) is 0 Å². The van der Waals surface area contributed by atoms with Gasteiger partial charge in [-0.2, -0.15) is 0 Å². The van der Waals surface area contributed by atoms with Gasteiger partial charge in [0.25, 0.3) is 0 Å². The minimum absolute atomic E-state index is 0. The third kappa shape index (κ3) is 12.6. The number of carbonyl (C=O) groups is 1. The van der Waals surface area contributed by atoms with Gasteiger partial charge in [0, 0.05) is 37.7 Å². The fourth-order valence-corrected chi connectivity index (χ4v) is 0. The van der Waals surface area contributed by atoms with E-state index in [-0.39, 0.29) is 37.7 Å². The summed E-state index contributed by atoms with van der Waals surface area (Å²) >= 11 is 0. The molecule has 4 heavy (non-hydrogen) atoms. The van der Waals surface area contributed by atoms with Crippen LogP contribution in [0.2, 0.25) is 0 Å². The average Bonchev–Trinajstić information content (AvgIpc) is 0.918. The first-order valence-corrected chi connectivity index (χ1v) is 0.813. The molecular formula is C2H4CaO. The summed E-state index contributed by atoms with van der Waals surface area (Å²) in [6.07, 6.45) is 0.750. The van der Waals surface area contributed by atoms with Crippen LogP contribution in [0.3, 0.4) is 0 Å². The maximum absolute atomic E-state index is 8.81. The standard InChI is InChI=1S/C2H4O.Ca/c1-2-3;/h2H,1H3;. The minimum atomic E-state index is 0. The molecule has 0 atom stereocenters. The fourth-order valence-electron chi connectivity index (χ4n) is 0. The number of rotatable bonds is 0. The Morgan fingerprint density at radius 1 is 1.75 bits per heavy atom. The van der Waals surface area contributed by atoms with Crippen molar-refractivity contribution in [3.63, 3.8) is 0 Å². The van der Waals surface area contributed by atoms with Crippen molar-refractivity contribution in [2.24, 2.45) is 0 Å². The molecular weight excluding hydrogens is 80.1 g/mol. The van der Waals surface area contributed by atoms with Crippen molar-refractivity contribution >= 4 is 44.0 Å². The van der Waals surface area contributed by atoms with Gasteiger partial charge in [-0.15, -0.1) is 0 Å². The fraction of sp³-hybridized carbons (Fsp3) is 0.500. The van der Waals surface area contributed by atoms with E-state index in [0.29, 0.717) is 0 Å². The Balaban J connectivity index is 0. The Bertz CT molecular complexity index is 13.5. The summed E-state index contributed by atoms with van der Waals surface area (Å²) in [5.74, 6) is 0. The normalized spacial score (nSPS) is 3.25. The molecule has 0 amide bonds. The van der Waals surface area contributed by atoms with Gasteiger partial charge in [-0.05, 0) is 6.92 Å². The summed E-state index contributed by atoms with van der Waals surface area (Å²) in [6.45, 7) is 1.44. The van der Waals surface area contributed by atoms with Crippen molar-refractivity contribution < 1.29 is 4.79 Å². The van der Waals surface area contributed by atoms with Crippen LogP contribution in [0.5, 0.6) is 0 Å². The molecule has 0 fully saturated rings. The van der Waals surface area contributed by atoms with E-state index in [1.165, 1.54) is 6.92 Å². The molecule has 0 saturated heterocycles. The predicted octanol–water partition coefficient (Wildman–Crippen LogP) is -0.176. The molecule has 0 unspecified atom stereocenters. The Morgan fingerprint density at radius 3 is 1.75 bits per heavy atom. The maximum atomic E-state index is 8.81. The van der Waals surface area contributed by atoms with Crippen molar-refractivity contribution in [2.75, 3.05) is 0 Å². The van der Waals surface area contributed by atoms with Crippen LogP contribution in [0, 0.1) is 0 Å². The van der Waals surface area contributed by atoms with Crippen LogP contribution >= 0.6 is 0 Å². The van der Waals surface area contributed by atoms with Gasteiger partial charge in [-0.1, -0.05) is 0 Å². The summed E-state index contributed by atoms with van der Waals surface area (Å²) in [6, 6.07) is 0. The first-order chi connectivity index (χ1) is 1.41. The maximum Gasteiger partial charge on any atom is 0.116 e. The van der Waals surface area contributed by atoms with E-state index >= 15 is 0 Å². The molecule has 0 aromatic heterocycles. The number of carbonyl (C=O) groups excluding carboxylic acids is 1. The van der Waals surface area contributed by atoms with Crippen molar-refractivity contribution in [3.8, 4) is 0 Å². The molecule has 0 rings (SSSR count). The molecule has 0 saturated carbocycles. The van der Waals surface area contributed by atoms with Gasteiger partial charge in [-0.25, -0.2) is 0 Å². The second kappa shape index (κ2) is 9.06. The van der Waals surface area contributed by atoms with Gasteiger partial charge in [0.05, 0.1) is 0 Å². The largest absolute Gasteiger partial charge is 0.304 e. The number of hydrogen-bond acceptors (Lipinski definition) is 1. The van der Waals surface area contributed by atoms with Gasteiger partial charge in [0.2, 0.25) is 0 Å². The minimum Gasteiger partial charge on any atom is -0.304 e. The molecule has 2 radical (unpaired) electrons. The van der Waals surface area contributed by atoms with E-state index < -0.39 is 0 Å². The van der Waals surface area contributed by atoms with Crippen LogP contribution in [0.15, 0.2) is 0 Å². The molecule has 0 aliphatic rings.